The molecule has 130 valence electrons. The Morgan fingerprint density at radius 2 is 1.80 bits per heavy atom. The van der Waals surface area contributed by atoms with Crippen molar-refractivity contribution in [2.75, 3.05) is 13.4 Å². The Balaban J connectivity index is 2.17. The molecule has 0 amide bonds. The molecule has 0 saturated carbocycles. The molecule has 0 atom stereocenters. The van der Waals surface area contributed by atoms with Crippen molar-refractivity contribution in [3.8, 4) is 0 Å². The van der Waals surface area contributed by atoms with Gasteiger partial charge in [0.25, 0.3) is 0 Å². The Bertz CT molecular complexity index is 1050. The van der Waals surface area contributed by atoms with Gasteiger partial charge in [-0.25, -0.2) is 13.2 Å². The molecule has 0 spiro atoms. The summed E-state index contributed by atoms with van der Waals surface area (Å²) in [4.78, 5) is 16.7. The number of aryl methyl sites for hydroxylation is 1. The highest BCUT2D eigenvalue weighted by Crippen LogP contribution is 2.36. The van der Waals surface area contributed by atoms with Crippen LogP contribution in [0.25, 0.3) is 10.9 Å². The van der Waals surface area contributed by atoms with E-state index in [4.69, 9.17) is 4.74 Å². The summed E-state index contributed by atoms with van der Waals surface area (Å²) in [5.41, 5.74) is 2.01. The largest absolute Gasteiger partial charge is 0.464 e. The number of hydrogen-bond donors (Lipinski definition) is 1. The zero-order valence-electron chi connectivity index (χ0n) is 14.0. The van der Waals surface area contributed by atoms with E-state index in [9.17, 15) is 13.2 Å². The summed E-state index contributed by atoms with van der Waals surface area (Å²) in [6.45, 7) is 2.01. The molecule has 2 aromatic carbocycles. The topological polar surface area (TPSA) is 76.2 Å². The number of fused-ring (bicyclic) bond motifs is 1. The van der Waals surface area contributed by atoms with Crippen molar-refractivity contribution in [3.63, 3.8) is 0 Å². The molecule has 25 heavy (non-hydrogen) atoms. The van der Waals surface area contributed by atoms with Crippen LogP contribution in [0.5, 0.6) is 0 Å². The first-order valence-electron chi connectivity index (χ1n) is 7.47. The average Bonchev–Trinajstić information content (AvgIpc) is 3.00. The molecule has 3 rings (SSSR count). The van der Waals surface area contributed by atoms with Gasteiger partial charge in [0.15, 0.2) is 9.84 Å². The first-order chi connectivity index (χ1) is 11.8. The second kappa shape index (κ2) is 6.57. The third kappa shape index (κ3) is 3.72. The van der Waals surface area contributed by atoms with Gasteiger partial charge in [-0.05, 0) is 37.3 Å². The van der Waals surface area contributed by atoms with E-state index < -0.39 is 15.8 Å². The summed E-state index contributed by atoms with van der Waals surface area (Å²) in [6, 6.07) is 12.8. The standard InChI is InChI=1S/C18H17NO4S2/c1-11-4-6-12(7-5-11)24-17-9-13(25(3,21)22)8-15-14(17)10-16(19-15)18(20)23-2/h4-10,19H,1-3H3. The molecule has 0 radical (unpaired) electrons. The minimum Gasteiger partial charge on any atom is -0.464 e. The lowest BCUT2D eigenvalue weighted by Crippen LogP contribution is -2.00. The number of carbonyl (C=O) groups is 1. The number of H-pyrrole nitrogens is 1. The van der Waals surface area contributed by atoms with Crippen LogP contribution in [-0.2, 0) is 14.6 Å². The maximum atomic E-state index is 12.0. The van der Waals surface area contributed by atoms with Crippen LogP contribution in [0.3, 0.4) is 0 Å². The minimum atomic E-state index is -3.38. The van der Waals surface area contributed by atoms with Crippen molar-refractivity contribution < 1.29 is 17.9 Å². The van der Waals surface area contributed by atoms with Crippen molar-refractivity contribution in [3.05, 3.63) is 53.7 Å². The number of ether oxygens (including phenoxy) is 1. The van der Waals surface area contributed by atoms with Crippen molar-refractivity contribution in [1.82, 2.24) is 4.98 Å². The first-order valence-corrected chi connectivity index (χ1v) is 10.2. The number of benzene rings is 2. The number of nitrogens with one attached hydrogen (secondary N) is 1. The van der Waals surface area contributed by atoms with E-state index in [-0.39, 0.29) is 10.6 Å². The van der Waals surface area contributed by atoms with E-state index in [1.807, 2.05) is 31.2 Å². The number of methoxy groups -OCH3 is 1. The number of rotatable bonds is 4. The molecule has 3 aromatic rings. The lowest BCUT2D eigenvalue weighted by molar-refractivity contribution is 0.0595. The van der Waals surface area contributed by atoms with Gasteiger partial charge in [-0.1, -0.05) is 29.5 Å². The lowest BCUT2D eigenvalue weighted by Gasteiger charge is -2.07. The number of aromatic nitrogens is 1. The Morgan fingerprint density at radius 3 is 2.40 bits per heavy atom. The van der Waals surface area contributed by atoms with Gasteiger partial charge in [-0.2, -0.15) is 0 Å². The Hall–Kier alpha value is -2.25. The third-order valence-corrected chi connectivity index (χ3v) is 5.91. The molecular weight excluding hydrogens is 358 g/mol. The average molecular weight is 375 g/mol. The zero-order valence-corrected chi connectivity index (χ0v) is 15.6. The molecule has 0 aliphatic carbocycles. The number of hydrogen-bond acceptors (Lipinski definition) is 5. The van der Waals surface area contributed by atoms with E-state index >= 15 is 0 Å². The molecule has 0 saturated heterocycles. The Morgan fingerprint density at radius 1 is 1.12 bits per heavy atom. The highest BCUT2D eigenvalue weighted by molar-refractivity contribution is 7.99. The summed E-state index contributed by atoms with van der Waals surface area (Å²) in [7, 11) is -2.08. The molecule has 0 unspecified atom stereocenters. The number of carbonyl (C=O) groups excluding carboxylic acids is 1. The lowest BCUT2D eigenvalue weighted by atomic mass is 10.2. The fourth-order valence-electron chi connectivity index (χ4n) is 2.43. The number of esters is 1. The summed E-state index contributed by atoms with van der Waals surface area (Å²) >= 11 is 1.45. The summed E-state index contributed by atoms with van der Waals surface area (Å²) < 4.78 is 28.8. The van der Waals surface area contributed by atoms with Gasteiger partial charge >= 0.3 is 5.97 Å². The number of aromatic amines is 1. The minimum absolute atomic E-state index is 0.202. The van der Waals surface area contributed by atoms with Gasteiger partial charge in [0, 0.05) is 26.9 Å². The van der Waals surface area contributed by atoms with Crippen LogP contribution < -0.4 is 0 Å². The second-order valence-electron chi connectivity index (χ2n) is 5.74. The van der Waals surface area contributed by atoms with E-state index in [0.29, 0.717) is 5.52 Å². The summed E-state index contributed by atoms with van der Waals surface area (Å²) in [6.07, 6.45) is 1.17. The molecule has 7 heteroatoms. The van der Waals surface area contributed by atoms with Gasteiger partial charge in [-0.15, -0.1) is 0 Å². The van der Waals surface area contributed by atoms with Crippen LogP contribution in [0, 0.1) is 6.92 Å². The molecule has 0 aliphatic rings. The van der Waals surface area contributed by atoms with E-state index in [1.54, 1.807) is 12.1 Å². The highest BCUT2D eigenvalue weighted by atomic mass is 32.2. The molecule has 5 nitrogen and oxygen atoms in total. The van der Waals surface area contributed by atoms with Gasteiger partial charge < -0.3 is 9.72 Å². The third-order valence-electron chi connectivity index (χ3n) is 3.76. The molecule has 0 bridgehead atoms. The van der Waals surface area contributed by atoms with Crippen LogP contribution in [0.1, 0.15) is 16.1 Å². The zero-order chi connectivity index (χ0) is 18.2. The van der Waals surface area contributed by atoms with Crippen LogP contribution in [0.15, 0.2) is 57.2 Å². The predicted molar refractivity (Wildman–Crippen MR) is 98.1 cm³/mol. The van der Waals surface area contributed by atoms with Crippen molar-refractivity contribution >= 4 is 38.5 Å². The molecular formula is C18H17NO4S2. The fraction of sp³-hybridized carbons (Fsp3) is 0.167. The van der Waals surface area contributed by atoms with Crippen molar-refractivity contribution in [2.24, 2.45) is 0 Å². The molecule has 0 aliphatic heterocycles. The van der Waals surface area contributed by atoms with Crippen molar-refractivity contribution in [1.29, 1.82) is 0 Å². The molecule has 1 aromatic heterocycles. The normalized spacial score (nSPS) is 11.6. The van der Waals surface area contributed by atoms with E-state index in [2.05, 4.69) is 4.98 Å². The van der Waals surface area contributed by atoms with Crippen LogP contribution in [0.2, 0.25) is 0 Å². The van der Waals surface area contributed by atoms with E-state index in [1.165, 1.54) is 31.2 Å². The van der Waals surface area contributed by atoms with Crippen molar-refractivity contribution in [2.45, 2.75) is 21.6 Å². The smallest absolute Gasteiger partial charge is 0.354 e. The summed E-state index contributed by atoms with van der Waals surface area (Å²) in [5, 5.41) is 0.776. The summed E-state index contributed by atoms with van der Waals surface area (Å²) in [5.74, 6) is -0.497. The highest BCUT2D eigenvalue weighted by Gasteiger charge is 2.17. The first kappa shape index (κ1) is 17.6. The monoisotopic (exact) mass is 375 g/mol. The van der Waals surface area contributed by atoms with E-state index in [0.717, 1.165) is 20.7 Å². The molecule has 1 N–H and O–H groups in total. The Kier molecular flexibility index (Phi) is 4.62. The van der Waals surface area contributed by atoms with Gasteiger partial charge in [0.05, 0.1) is 12.0 Å². The quantitative estimate of drug-likeness (QED) is 0.702. The molecule has 1 heterocycles. The van der Waals surface area contributed by atoms with Crippen LogP contribution in [-0.4, -0.2) is 32.7 Å². The Labute approximate surface area is 150 Å². The fourth-order valence-corrected chi connectivity index (χ4v) is 4.16. The van der Waals surface area contributed by atoms with Gasteiger partial charge in [-0.3, -0.25) is 0 Å². The van der Waals surface area contributed by atoms with Crippen LogP contribution in [0.4, 0.5) is 0 Å². The predicted octanol–water partition coefficient (Wildman–Crippen LogP) is 3.82. The maximum Gasteiger partial charge on any atom is 0.354 e. The maximum absolute atomic E-state index is 12.0. The number of sulfone groups is 1. The van der Waals surface area contributed by atoms with Gasteiger partial charge in [0.2, 0.25) is 0 Å². The molecule has 0 fully saturated rings. The van der Waals surface area contributed by atoms with Gasteiger partial charge in [0.1, 0.15) is 5.69 Å². The SMILES string of the molecule is COC(=O)c1cc2c(Sc3ccc(C)cc3)cc(S(C)(=O)=O)cc2[nH]1. The second-order valence-corrected chi connectivity index (χ2v) is 8.88. The van der Waals surface area contributed by atoms with Crippen LogP contribution >= 0.6 is 11.8 Å².